The molecule has 0 aliphatic carbocycles. The van der Waals surface area contributed by atoms with Gasteiger partial charge in [-0.25, -0.2) is 5.43 Å². The first kappa shape index (κ1) is 18.7. The maximum Gasteiger partial charge on any atom is 0.240 e. The fraction of sp³-hybridized carbons (Fsp3) is 0.556. The van der Waals surface area contributed by atoms with Gasteiger partial charge in [-0.1, -0.05) is 81.7 Å². The highest BCUT2D eigenvalue weighted by Crippen LogP contribution is 2.12. The number of carbonyl (C=O) groups is 1. The smallest absolute Gasteiger partial charge is 0.240 e. The summed E-state index contributed by atoms with van der Waals surface area (Å²) in [7, 11) is 0. The Kier molecular flexibility index (Phi) is 10.4. The molecule has 1 aromatic rings. The molecule has 0 unspecified atom stereocenters. The van der Waals surface area contributed by atoms with Gasteiger partial charge in [-0.05, 0) is 12.5 Å². The number of rotatable bonds is 11. The number of benzene rings is 1. The zero-order valence-corrected chi connectivity index (χ0v) is 14.2. The monoisotopic (exact) mass is 322 g/mol. The van der Waals surface area contributed by atoms with Gasteiger partial charge in [-0.15, -0.1) is 0 Å². The maximum absolute atomic E-state index is 11.6. The molecule has 122 valence electrons. The second-order valence-corrected chi connectivity index (χ2v) is 5.95. The number of nitrogens with zero attached hydrogens (tertiary/aromatic N) is 1. The average molecular weight is 323 g/mol. The van der Waals surface area contributed by atoms with Crippen molar-refractivity contribution in [2.24, 2.45) is 5.10 Å². The molecule has 0 aromatic heterocycles. The van der Waals surface area contributed by atoms with Gasteiger partial charge in [0.15, 0.2) is 0 Å². The summed E-state index contributed by atoms with van der Waals surface area (Å²) in [5.41, 5.74) is 3.35. The van der Waals surface area contributed by atoms with Crippen LogP contribution in [-0.2, 0) is 4.79 Å². The third-order valence-corrected chi connectivity index (χ3v) is 3.90. The predicted octanol–water partition coefficient (Wildman–Crippen LogP) is 5.32. The number of amides is 1. The molecule has 0 saturated carbocycles. The van der Waals surface area contributed by atoms with Crippen LogP contribution >= 0.6 is 11.6 Å². The van der Waals surface area contributed by atoms with Gasteiger partial charge in [0.1, 0.15) is 0 Å². The van der Waals surface area contributed by atoms with Crippen LogP contribution < -0.4 is 5.43 Å². The summed E-state index contributed by atoms with van der Waals surface area (Å²) in [5, 5.41) is 4.57. The molecule has 0 atom stereocenters. The van der Waals surface area contributed by atoms with Crippen molar-refractivity contribution < 1.29 is 4.79 Å². The normalized spacial score (nSPS) is 11.0. The standard InChI is InChI=1S/C18H27ClN2O/c1-2-3-4-5-6-7-8-9-14-18(22)21-20-15-16-12-10-11-13-17(16)19/h10-13,15H,2-9,14H2,1H3,(H,21,22). The van der Waals surface area contributed by atoms with E-state index in [1.54, 1.807) is 12.3 Å². The Morgan fingerprint density at radius 2 is 1.73 bits per heavy atom. The number of hydrazone groups is 1. The first-order valence-electron chi connectivity index (χ1n) is 8.30. The van der Waals surface area contributed by atoms with E-state index >= 15 is 0 Å². The number of carbonyl (C=O) groups excluding carboxylic acids is 1. The van der Waals surface area contributed by atoms with Gasteiger partial charge in [0.25, 0.3) is 0 Å². The molecule has 0 radical (unpaired) electrons. The Hall–Kier alpha value is -1.35. The van der Waals surface area contributed by atoms with E-state index < -0.39 is 0 Å². The van der Waals surface area contributed by atoms with Crippen LogP contribution in [0.25, 0.3) is 0 Å². The first-order chi connectivity index (χ1) is 10.7. The fourth-order valence-corrected chi connectivity index (χ4v) is 2.41. The van der Waals surface area contributed by atoms with Crippen molar-refractivity contribution in [3.05, 3.63) is 34.9 Å². The number of hydrogen-bond acceptors (Lipinski definition) is 2. The number of nitrogens with one attached hydrogen (secondary N) is 1. The molecule has 0 aliphatic heterocycles. The minimum atomic E-state index is -0.0331. The van der Waals surface area contributed by atoms with Crippen LogP contribution in [0.2, 0.25) is 5.02 Å². The van der Waals surface area contributed by atoms with Crippen molar-refractivity contribution in [3.63, 3.8) is 0 Å². The summed E-state index contributed by atoms with van der Waals surface area (Å²) >= 11 is 6.00. The summed E-state index contributed by atoms with van der Waals surface area (Å²) in [6.45, 7) is 2.23. The quantitative estimate of drug-likeness (QED) is 0.334. The Morgan fingerprint density at radius 3 is 2.41 bits per heavy atom. The molecule has 0 spiro atoms. The van der Waals surface area contributed by atoms with Gasteiger partial charge in [0.2, 0.25) is 5.91 Å². The molecular formula is C18H27ClN2O. The third kappa shape index (κ3) is 8.83. The zero-order valence-electron chi connectivity index (χ0n) is 13.5. The van der Waals surface area contributed by atoms with E-state index in [1.165, 1.54) is 38.5 Å². The Labute approximate surface area is 139 Å². The highest BCUT2D eigenvalue weighted by atomic mass is 35.5. The minimum absolute atomic E-state index is 0.0331. The van der Waals surface area contributed by atoms with Crippen LogP contribution in [0.4, 0.5) is 0 Å². The van der Waals surface area contributed by atoms with Crippen LogP contribution in [0.5, 0.6) is 0 Å². The van der Waals surface area contributed by atoms with Gasteiger partial charge in [-0.3, -0.25) is 4.79 Å². The molecule has 0 bridgehead atoms. The summed E-state index contributed by atoms with van der Waals surface area (Å²) < 4.78 is 0. The van der Waals surface area contributed by atoms with Crippen LogP contribution in [0, 0.1) is 0 Å². The minimum Gasteiger partial charge on any atom is -0.273 e. The van der Waals surface area contributed by atoms with E-state index in [0.29, 0.717) is 11.4 Å². The van der Waals surface area contributed by atoms with E-state index in [1.807, 2.05) is 18.2 Å². The molecule has 1 N–H and O–H groups in total. The van der Waals surface area contributed by atoms with Crippen LogP contribution in [0.15, 0.2) is 29.4 Å². The number of unbranched alkanes of at least 4 members (excludes halogenated alkanes) is 7. The largest absolute Gasteiger partial charge is 0.273 e. The predicted molar refractivity (Wildman–Crippen MR) is 94.4 cm³/mol. The maximum atomic E-state index is 11.6. The average Bonchev–Trinajstić information content (AvgIpc) is 2.52. The van der Waals surface area contributed by atoms with Crippen molar-refractivity contribution >= 4 is 23.7 Å². The lowest BCUT2D eigenvalue weighted by molar-refractivity contribution is -0.121. The molecule has 1 amide bonds. The first-order valence-corrected chi connectivity index (χ1v) is 8.68. The Morgan fingerprint density at radius 1 is 1.09 bits per heavy atom. The molecule has 4 heteroatoms. The van der Waals surface area contributed by atoms with Crippen molar-refractivity contribution in [2.45, 2.75) is 64.7 Å². The summed E-state index contributed by atoms with van der Waals surface area (Å²) in [5.74, 6) is -0.0331. The highest BCUT2D eigenvalue weighted by molar-refractivity contribution is 6.33. The lowest BCUT2D eigenvalue weighted by atomic mass is 10.1. The van der Waals surface area contributed by atoms with Gasteiger partial charge in [0.05, 0.1) is 6.21 Å². The van der Waals surface area contributed by atoms with Gasteiger partial charge < -0.3 is 0 Å². The van der Waals surface area contributed by atoms with Crippen molar-refractivity contribution in [1.82, 2.24) is 5.43 Å². The molecule has 1 rings (SSSR count). The van der Waals surface area contributed by atoms with Crippen molar-refractivity contribution in [2.75, 3.05) is 0 Å². The summed E-state index contributed by atoms with van der Waals surface area (Å²) in [6, 6.07) is 7.40. The van der Waals surface area contributed by atoms with Crippen LogP contribution in [0.1, 0.15) is 70.3 Å². The Bertz CT molecular complexity index is 460. The summed E-state index contributed by atoms with van der Waals surface area (Å²) in [6.07, 6.45) is 12.0. The van der Waals surface area contributed by atoms with Crippen LogP contribution in [-0.4, -0.2) is 12.1 Å². The molecule has 0 fully saturated rings. The number of halogens is 1. The lowest BCUT2D eigenvalue weighted by Crippen LogP contribution is -2.16. The van der Waals surface area contributed by atoms with E-state index in [2.05, 4.69) is 17.5 Å². The zero-order chi connectivity index (χ0) is 16.0. The lowest BCUT2D eigenvalue weighted by Gasteiger charge is -2.02. The molecule has 3 nitrogen and oxygen atoms in total. The Balaban J connectivity index is 2.05. The topological polar surface area (TPSA) is 41.5 Å². The van der Waals surface area contributed by atoms with E-state index in [-0.39, 0.29) is 5.91 Å². The molecule has 1 aromatic carbocycles. The molecule has 22 heavy (non-hydrogen) atoms. The van der Waals surface area contributed by atoms with Crippen LogP contribution in [0.3, 0.4) is 0 Å². The van der Waals surface area contributed by atoms with E-state index in [9.17, 15) is 4.79 Å². The van der Waals surface area contributed by atoms with E-state index in [0.717, 1.165) is 18.4 Å². The SMILES string of the molecule is CCCCCCCCCCC(=O)NN=Cc1ccccc1Cl. The fourth-order valence-electron chi connectivity index (χ4n) is 2.23. The van der Waals surface area contributed by atoms with E-state index in [4.69, 9.17) is 11.6 Å². The second kappa shape index (κ2) is 12.2. The van der Waals surface area contributed by atoms with Crippen molar-refractivity contribution in [3.8, 4) is 0 Å². The molecular weight excluding hydrogens is 296 g/mol. The number of hydrogen-bond donors (Lipinski definition) is 1. The third-order valence-electron chi connectivity index (χ3n) is 3.56. The van der Waals surface area contributed by atoms with Crippen molar-refractivity contribution in [1.29, 1.82) is 0 Å². The van der Waals surface area contributed by atoms with Gasteiger partial charge >= 0.3 is 0 Å². The molecule has 0 aliphatic rings. The van der Waals surface area contributed by atoms with Gasteiger partial charge in [0, 0.05) is 17.0 Å². The summed E-state index contributed by atoms with van der Waals surface area (Å²) in [4.78, 5) is 11.6. The molecule has 0 heterocycles. The second-order valence-electron chi connectivity index (χ2n) is 5.54. The molecule has 0 saturated heterocycles. The highest BCUT2D eigenvalue weighted by Gasteiger charge is 2.00. The van der Waals surface area contributed by atoms with Gasteiger partial charge in [-0.2, -0.15) is 5.10 Å².